The quantitative estimate of drug-likeness (QED) is 0.930. The first-order valence-corrected chi connectivity index (χ1v) is 6.59. The normalized spacial score (nSPS) is 10.3. The van der Waals surface area contributed by atoms with Gasteiger partial charge >= 0.3 is 5.97 Å². The third-order valence-electron chi connectivity index (χ3n) is 2.82. The van der Waals surface area contributed by atoms with Gasteiger partial charge in [0.1, 0.15) is 0 Å². The minimum atomic E-state index is -0.969. The number of nitrogens with zero attached hydrogens (tertiary/aromatic N) is 1. The van der Waals surface area contributed by atoms with Crippen LogP contribution in [0.2, 0.25) is 0 Å². The van der Waals surface area contributed by atoms with E-state index in [0.717, 1.165) is 5.56 Å². The summed E-state index contributed by atoms with van der Waals surface area (Å²) in [6.45, 7) is 0.385. The molecule has 0 saturated heterocycles. The van der Waals surface area contributed by atoms with Crippen LogP contribution in [0.25, 0.3) is 0 Å². The van der Waals surface area contributed by atoms with Crippen molar-refractivity contribution < 1.29 is 19.1 Å². The second-order valence-electron chi connectivity index (χ2n) is 4.27. The number of carbonyl (C=O) groups excluding carboxylic acids is 1. The molecular weight excluding hydrogens is 326 g/mol. The van der Waals surface area contributed by atoms with Gasteiger partial charge < -0.3 is 14.4 Å². The Balaban J connectivity index is 2.08. The first kappa shape index (κ1) is 14.3. The summed E-state index contributed by atoms with van der Waals surface area (Å²) < 4.78 is 5.43. The van der Waals surface area contributed by atoms with E-state index in [1.165, 1.54) is 23.3 Å². The van der Waals surface area contributed by atoms with Gasteiger partial charge in [0.2, 0.25) is 0 Å². The van der Waals surface area contributed by atoms with Gasteiger partial charge in [-0.2, -0.15) is 0 Å². The molecule has 0 aliphatic heterocycles. The highest BCUT2D eigenvalue weighted by Gasteiger charge is 2.17. The Hall–Kier alpha value is -2.08. The zero-order chi connectivity index (χ0) is 14.7. The van der Waals surface area contributed by atoms with Crippen LogP contribution in [-0.2, 0) is 6.54 Å². The van der Waals surface area contributed by atoms with E-state index >= 15 is 0 Å². The first-order valence-electron chi connectivity index (χ1n) is 5.79. The predicted molar refractivity (Wildman–Crippen MR) is 75.6 cm³/mol. The number of benzene rings is 1. The Kier molecular flexibility index (Phi) is 4.24. The van der Waals surface area contributed by atoms with Gasteiger partial charge in [0.05, 0.1) is 17.4 Å². The summed E-state index contributed by atoms with van der Waals surface area (Å²) in [5.41, 5.74) is 1.53. The van der Waals surface area contributed by atoms with Gasteiger partial charge in [-0.15, -0.1) is 0 Å². The van der Waals surface area contributed by atoms with Crippen LogP contribution in [0.3, 0.4) is 0 Å². The number of aromatic carboxylic acids is 1. The molecule has 1 aromatic heterocycles. The molecular formula is C14H12BrNO4. The van der Waals surface area contributed by atoms with Crippen molar-refractivity contribution in [3.8, 4) is 0 Å². The molecule has 1 N–H and O–H groups in total. The Morgan fingerprint density at radius 1 is 1.25 bits per heavy atom. The summed E-state index contributed by atoms with van der Waals surface area (Å²) in [6, 6.07) is 8.01. The topological polar surface area (TPSA) is 70.8 Å². The lowest BCUT2D eigenvalue weighted by Crippen LogP contribution is -2.26. The van der Waals surface area contributed by atoms with Crippen LogP contribution in [0.1, 0.15) is 26.3 Å². The second-order valence-corrected chi connectivity index (χ2v) is 4.99. The zero-order valence-corrected chi connectivity index (χ0v) is 12.3. The van der Waals surface area contributed by atoms with Crippen LogP contribution in [0.5, 0.6) is 0 Å². The molecule has 20 heavy (non-hydrogen) atoms. The molecule has 0 radical (unpaired) electrons. The van der Waals surface area contributed by atoms with E-state index in [-0.39, 0.29) is 11.5 Å². The lowest BCUT2D eigenvalue weighted by atomic mass is 10.1. The zero-order valence-electron chi connectivity index (χ0n) is 10.7. The maximum Gasteiger partial charge on any atom is 0.335 e. The van der Waals surface area contributed by atoms with Crippen molar-refractivity contribution >= 4 is 27.8 Å². The fourth-order valence-corrected chi connectivity index (χ4v) is 2.16. The van der Waals surface area contributed by atoms with Gasteiger partial charge in [-0.3, -0.25) is 4.79 Å². The number of amides is 1. The van der Waals surface area contributed by atoms with E-state index in [9.17, 15) is 9.59 Å². The molecule has 1 amide bonds. The number of hydrogen-bond acceptors (Lipinski definition) is 3. The summed E-state index contributed by atoms with van der Waals surface area (Å²) in [4.78, 5) is 24.4. The van der Waals surface area contributed by atoms with Crippen molar-refractivity contribution in [3.63, 3.8) is 0 Å². The maximum absolute atomic E-state index is 12.1. The fraction of sp³-hybridized carbons (Fsp3) is 0.143. The second kappa shape index (κ2) is 5.92. The molecule has 0 saturated carbocycles. The molecule has 0 fully saturated rings. The molecule has 1 aromatic carbocycles. The molecule has 0 atom stereocenters. The molecule has 1 heterocycles. The van der Waals surface area contributed by atoms with Crippen LogP contribution in [0, 0.1) is 0 Å². The summed E-state index contributed by atoms with van der Waals surface area (Å²) in [7, 11) is 1.67. The first-order chi connectivity index (χ1) is 9.49. The Morgan fingerprint density at radius 2 is 1.90 bits per heavy atom. The van der Waals surface area contributed by atoms with E-state index in [2.05, 4.69) is 15.9 Å². The minimum absolute atomic E-state index is 0.173. The van der Waals surface area contributed by atoms with Crippen LogP contribution >= 0.6 is 15.9 Å². The summed E-state index contributed by atoms with van der Waals surface area (Å²) >= 11 is 3.17. The number of carboxylic acids is 1. The standard InChI is InChI=1S/C14H12BrNO4/c1-16(13(17)11-6-7-20-12(11)15)8-9-2-4-10(5-3-9)14(18)19/h2-7H,8H2,1H3,(H,18,19). The maximum atomic E-state index is 12.1. The number of rotatable bonds is 4. The van der Waals surface area contributed by atoms with E-state index in [0.29, 0.717) is 16.8 Å². The number of carbonyl (C=O) groups is 2. The van der Waals surface area contributed by atoms with Crippen LogP contribution in [0.4, 0.5) is 0 Å². The number of halogens is 1. The highest BCUT2D eigenvalue weighted by molar-refractivity contribution is 9.10. The van der Waals surface area contributed by atoms with Gasteiger partial charge in [-0.25, -0.2) is 4.79 Å². The van der Waals surface area contributed by atoms with E-state index in [1.54, 1.807) is 25.2 Å². The molecule has 2 rings (SSSR count). The van der Waals surface area contributed by atoms with E-state index < -0.39 is 5.97 Å². The largest absolute Gasteiger partial charge is 0.478 e. The van der Waals surface area contributed by atoms with Gasteiger partial charge in [-0.1, -0.05) is 12.1 Å². The Labute approximate surface area is 123 Å². The monoisotopic (exact) mass is 337 g/mol. The van der Waals surface area contributed by atoms with Gasteiger partial charge in [0.15, 0.2) is 4.67 Å². The Morgan fingerprint density at radius 3 is 2.40 bits per heavy atom. The van der Waals surface area contributed by atoms with Crippen LogP contribution in [-0.4, -0.2) is 28.9 Å². The van der Waals surface area contributed by atoms with Gasteiger partial charge in [0, 0.05) is 13.6 Å². The van der Waals surface area contributed by atoms with Crippen LogP contribution in [0.15, 0.2) is 45.7 Å². The van der Waals surface area contributed by atoms with Crippen molar-refractivity contribution in [2.45, 2.75) is 6.54 Å². The average molecular weight is 338 g/mol. The molecule has 0 aliphatic rings. The summed E-state index contributed by atoms with van der Waals surface area (Å²) in [6.07, 6.45) is 1.44. The minimum Gasteiger partial charge on any atom is -0.478 e. The lowest BCUT2D eigenvalue weighted by molar-refractivity contribution is 0.0695. The predicted octanol–water partition coefficient (Wildman–Crippen LogP) is 3.01. The molecule has 0 aliphatic carbocycles. The highest BCUT2D eigenvalue weighted by Crippen LogP contribution is 2.19. The van der Waals surface area contributed by atoms with E-state index in [4.69, 9.17) is 9.52 Å². The molecule has 6 heteroatoms. The van der Waals surface area contributed by atoms with Crippen LogP contribution < -0.4 is 0 Å². The smallest absolute Gasteiger partial charge is 0.335 e. The van der Waals surface area contributed by atoms with E-state index in [1.807, 2.05) is 0 Å². The SMILES string of the molecule is CN(Cc1ccc(C(=O)O)cc1)C(=O)c1ccoc1Br. The molecule has 5 nitrogen and oxygen atoms in total. The number of hydrogen-bond donors (Lipinski definition) is 1. The van der Waals surface area contributed by atoms with Gasteiger partial charge in [-0.05, 0) is 39.7 Å². The number of furan rings is 1. The molecule has 0 unspecified atom stereocenters. The average Bonchev–Trinajstić information content (AvgIpc) is 2.84. The van der Waals surface area contributed by atoms with Crippen molar-refractivity contribution in [2.24, 2.45) is 0 Å². The molecule has 0 spiro atoms. The Bertz CT molecular complexity index is 633. The summed E-state index contributed by atoms with van der Waals surface area (Å²) in [5, 5.41) is 8.82. The van der Waals surface area contributed by atoms with Crippen molar-refractivity contribution in [2.75, 3.05) is 7.05 Å². The highest BCUT2D eigenvalue weighted by atomic mass is 79.9. The number of carboxylic acid groups (broad SMARTS) is 1. The van der Waals surface area contributed by atoms with Crippen molar-refractivity contribution in [3.05, 3.63) is 58.0 Å². The lowest BCUT2D eigenvalue weighted by Gasteiger charge is -2.16. The van der Waals surface area contributed by atoms with Crippen molar-refractivity contribution in [1.82, 2.24) is 4.90 Å². The fourth-order valence-electron chi connectivity index (χ4n) is 1.75. The third-order valence-corrected chi connectivity index (χ3v) is 3.43. The molecule has 104 valence electrons. The van der Waals surface area contributed by atoms with Crippen molar-refractivity contribution in [1.29, 1.82) is 0 Å². The van der Waals surface area contributed by atoms with Gasteiger partial charge in [0.25, 0.3) is 5.91 Å². The third kappa shape index (κ3) is 3.08. The molecule has 2 aromatic rings. The molecule has 0 bridgehead atoms. The summed E-state index contributed by atoms with van der Waals surface area (Å²) in [5.74, 6) is -1.14.